The largest absolute Gasteiger partial charge is 0.383 e. The van der Waals surface area contributed by atoms with Crippen LogP contribution >= 0.6 is 0 Å². The molecule has 1 aliphatic heterocycles. The Bertz CT molecular complexity index is 153. The maximum Gasteiger partial charge on any atom is 0.115 e. The van der Waals surface area contributed by atoms with Crippen molar-refractivity contribution in [1.29, 1.82) is 0 Å². The normalized spacial score (nSPS) is 37.5. The number of halogens is 1. The van der Waals surface area contributed by atoms with Crippen LogP contribution in [0.3, 0.4) is 0 Å². The molecule has 2 atom stereocenters. The predicted octanol–water partition coefficient (Wildman–Crippen LogP) is 1.46. The Morgan fingerprint density at radius 1 is 1.67 bits per heavy atom. The van der Waals surface area contributed by atoms with Crippen molar-refractivity contribution >= 4 is 0 Å². The van der Waals surface area contributed by atoms with Gasteiger partial charge in [0.05, 0.1) is 6.61 Å². The molecule has 0 aromatic carbocycles. The van der Waals surface area contributed by atoms with Crippen molar-refractivity contribution in [3.8, 4) is 0 Å². The highest BCUT2D eigenvalue weighted by Gasteiger charge is 2.42. The standard InChI is InChI=1S/C9H18FNO/c1-4-9(7-12-3)5-8(10)6-11(9)2/h8H,4-7H2,1-3H3. The number of ether oxygens (including phenoxy) is 1. The van der Waals surface area contributed by atoms with Gasteiger partial charge in [-0.2, -0.15) is 0 Å². The van der Waals surface area contributed by atoms with Crippen LogP contribution in [0, 0.1) is 0 Å². The van der Waals surface area contributed by atoms with Crippen LogP contribution < -0.4 is 0 Å². The van der Waals surface area contributed by atoms with Crippen molar-refractivity contribution in [3.05, 3.63) is 0 Å². The topological polar surface area (TPSA) is 12.5 Å². The van der Waals surface area contributed by atoms with Crippen molar-refractivity contribution in [1.82, 2.24) is 4.90 Å². The maximum absolute atomic E-state index is 13.1. The van der Waals surface area contributed by atoms with Crippen LogP contribution in [0.4, 0.5) is 4.39 Å². The number of likely N-dealkylation sites (N-methyl/N-ethyl adjacent to an activating group) is 1. The highest BCUT2D eigenvalue weighted by atomic mass is 19.1. The second kappa shape index (κ2) is 3.71. The zero-order valence-electron chi connectivity index (χ0n) is 8.14. The lowest BCUT2D eigenvalue weighted by atomic mass is 9.94. The molecule has 12 heavy (non-hydrogen) atoms. The summed E-state index contributed by atoms with van der Waals surface area (Å²) in [5.41, 5.74) is -0.0475. The Kier molecular flexibility index (Phi) is 3.07. The molecule has 2 nitrogen and oxygen atoms in total. The first-order valence-corrected chi connectivity index (χ1v) is 4.49. The molecule has 0 aromatic rings. The van der Waals surface area contributed by atoms with Crippen molar-refractivity contribution in [2.24, 2.45) is 0 Å². The van der Waals surface area contributed by atoms with Crippen LogP contribution in [0.1, 0.15) is 19.8 Å². The first-order chi connectivity index (χ1) is 5.64. The Balaban J connectivity index is 2.65. The first-order valence-electron chi connectivity index (χ1n) is 4.49. The van der Waals surface area contributed by atoms with E-state index >= 15 is 0 Å². The van der Waals surface area contributed by atoms with E-state index in [0.29, 0.717) is 19.6 Å². The summed E-state index contributed by atoms with van der Waals surface area (Å²) < 4.78 is 18.2. The average molecular weight is 175 g/mol. The van der Waals surface area contributed by atoms with E-state index in [4.69, 9.17) is 4.74 Å². The number of hydrogen-bond donors (Lipinski definition) is 0. The number of methoxy groups -OCH3 is 1. The molecule has 0 saturated carbocycles. The average Bonchev–Trinajstić information content (AvgIpc) is 2.28. The predicted molar refractivity (Wildman–Crippen MR) is 47.0 cm³/mol. The molecule has 0 amide bonds. The van der Waals surface area contributed by atoms with Gasteiger partial charge in [-0.15, -0.1) is 0 Å². The van der Waals surface area contributed by atoms with Gasteiger partial charge in [-0.1, -0.05) is 6.92 Å². The highest BCUT2D eigenvalue weighted by molar-refractivity contribution is 4.97. The quantitative estimate of drug-likeness (QED) is 0.644. The Labute approximate surface area is 73.7 Å². The van der Waals surface area contributed by atoms with Gasteiger partial charge in [-0.05, 0) is 13.5 Å². The minimum absolute atomic E-state index is 0.0475. The molecule has 0 N–H and O–H groups in total. The minimum Gasteiger partial charge on any atom is -0.383 e. The lowest BCUT2D eigenvalue weighted by molar-refractivity contribution is 0.0498. The van der Waals surface area contributed by atoms with Gasteiger partial charge in [-0.25, -0.2) is 4.39 Å². The summed E-state index contributed by atoms with van der Waals surface area (Å²) in [5, 5.41) is 0. The van der Waals surface area contributed by atoms with E-state index in [9.17, 15) is 4.39 Å². The summed E-state index contributed by atoms with van der Waals surface area (Å²) in [7, 11) is 3.65. The lowest BCUT2D eigenvalue weighted by Crippen LogP contribution is -2.44. The van der Waals surface area contributed by atoms with Crippen molar-refractivity contribution in [2.45, 2.75) is 31.5 Å². The number of rotatable bonds is 3. The third-order valence-corrected chi connectivity index (χ3v) is 2.95. The van der Waals surface area contributed by atoms with Crippen molar-refractivity contribution in [3.63, 3.8) is 0 Å². The van der Waals surface area contributed by atoms with Gasteiger partial charge in [0, 0.05) is 25.6 Å². The van der Waals surface area contributed by atoms with E-state index < -0.39 is 6.17 Å². The first kappa shape index (κ1) is 9.93. The Hall–Kier alpha value is -0.150. The zero-order chi connectivity index (χ0) is 9.19. The summed E-state index contributed by atoms with van der Waals surface area (Å²) in [4.78, 5) is 2.08. The van der Waals surface area contributed by atoms with Crippen LogP contribution in [-0.4, -0.2) is 43.9 Å². The maximum atomic E-state index is 13.1. The van der Waals surface area contributed by atoms with Gasteiger partial charge in [0.1, 0.15) is 6.17 Å². The number of hydrogen-bond acceptors (Lipinski definition) is 2. The molecule has 0 spiro atoms. The minimum atomic E-state index is -0.676. The highest BCUT2D eigenvalue weighted by Crippen LogP contribution is 2.32. The zero-order valence-corrected chi connectivity index (χ0v) is 8.14. The molecule has 1 aliphatic rings. The van der Waals surface area contributed by atoms with E-state index in [2.05, 4.69) is 11.8 Å². The SMILES string of the molecule is CCC1(COC)CC(F)CN1C. The molecule has 72 valence electrons. The van der Waals surface area contributed by atoms with Crippen molar-refractivity contribution < 1.29 is 9.13 Å². The Morgan fingerprint density at radius 2 is 2.33 bits per heavy atom. The number of alkyl halides is 1. The summed E-state index contributed by atoms with van der Waals surface area (Å²) in [6.45, 7) is 3.28. The lowest BCUT2D eigenvalue weighted by Gasteiger charge is -2.34. The molecule has 1 fully saturated rings. The molecule has 3 heteroatoms. The third kappa shape index (κ3) is 1.62. The molecule has 1 rings (SSSR count). The van der Waals surface area contributed by atoms with E-state index in [0.717, 1.165) is 6.42 Å². The molecule has 0 aromatic heterocycles. The summed E-state index contributed by atoms with van der Waals surface area (Å²) in [6, 6.07) is 0. The van der Waals surface area contributed by atoms with E-state index in [1.807, 2.05) is 7.05 Å². The van der Waals surface area contributed by atoms with Crippen LogP contribution in [0.5, 0.6) is 0 Å². The van der Waals surface area contributed by atoms with Gasteiger partial charge in [0.25, 0.3) is 0 Å². The number of nitrogens with zero attached hydrogens (tertiary/aromatic N) is 1. The molecular weight excluding hydrogens is 157 g/mol. The van der Waals surface area contributed by atoms with Gasteiger partial charge in [0.2, 0.25) is 0 Å². The van der Waals surface area contributed by atoms with E-state index in [1.165, 1.54) is 0 Å². The molecule has 0 bridgehead atoms. The van der Waals surface area contributed by atoms with Crippen LogP contribution in [0.2, 0.25) is 0 Å². The van der Waals surface area contributed by atoms with Gasteiger partial charge in [0.15, 0.2) is 0 Å². The summed E-state index contributed by atoms with van der Waals surface area (Å²) in [5.74, 6) is 0. The number of likely N-dealkylation sites (tertiary alicyclic amines) is 1. The second-order valence-electron chi connectivity index (χ2n) is 3.69. The summed E-state index contributed by atoms with van der Waals surface area (Å²) >= 11 is 0. The molecule has 0 radical (unpaired) electrons. The van der Waals surface area contributed by atoms with Gasteiger partial charge in [-0.3, -0.25) is 4.90 Å². The van der Waals surface area contributed by atoms with Crippen LogP contribution in [0.15, 0.2) is 0 Å². The van der Waals surface area contributed by atoms with Crippen LogP contribution in [0.25, 0.3) is 0 Å². The molecule has 0 aliphatic carbocycles. The van der Waals surface area contributed by atoms with Crippen molar-refractivity contribution in [2.75, 3.05) is 27.3 Å². The molecule has 1 saturated heterocycles. The smallest absolute Gasteiger partial charge is 0.115 e. The monoisotopic (exact) mass is 175 g/mol. The fourth-order valence-electron chi connectivity index (χ4n) is 2.08. The van der Waals surface area contributed by atoms with Gasteiger partial charge < -0.3 is 4.74 Å². The second-order valence-corrected chi connectivity index (χ2v) is 3.69. The van der Waals surface area contributed by atoms with Gasteiger partial charge >= 0.3 is 0 Å². The van der Waals surface area contributed by atoms with E-state index in [-0.39, 0.29) is 5.54 Å². The fourth-order valence-corrected chi connectivity index (χ4v) is 2.08. The fraction of sp³-hybridized carbons (Fsp3) is 1.00. The summed E-state index contributed by atoms with van der Waals surface area (Å²) in [6.07, 6.45) is 0.899. The molecule has 2 unspecified atom stereocenters. The third-order valence-electron chi connectivity index (χ3n) is 2.95. The Morgan fingerprint density at radius 3 is 2.67 bits per heavy atom. The van der Waals surface area contributed by atoms with E-state index in [1.54, 1.807) is 7.11 Å². The molecule has 1 heterocycles. The molecular formula is C9H18FNO. The van der Waals surface area contributed by atoms with Crippen LogP contribution in [-0.2, 0) is 4.74 Å².